The lowest BCUT2D eigenvalue weighted by Gasteiger charge is -2.33. The van der Waals surface area contributed by atoms with Gasteiger partial charge in [-0.3, -0.25) is 9.69 Å². The number of aromatic nitrogens is 1. The van der Waals surface area contributed by atoms with Crippen molar-refractivity contribution in [3.8, 4) is 17.0 Å². The number of nitrogens with zero attached hydrogens (tertiary/aromatic N) is 2. The molecule has 3 rings (SSSR count). The van der Waals surface area contributed by atoms with E-state index in [1.165, 1.54) is 11.3 Å². The highest BCUT2D eigenvalue weighted by molar-refractivity contribution is 7.09. The summed E-state index contributed by atoms with van der Waals surface area (Å²) in [7, 11) is 0. The zero-order valence-electron chi connectivity index (χ0n) is 14.4. The van der Waals surface area contributed by atoms with Gasteiger partial charge in [0.2, 0.25) is 0 Å². The van der Waals surface area contributed by atoms with E-state index >= 15 is 0 Å². The zero-order valence-corrected chi connectivity index (χ0v) is 15.2. The van der Waals surface area contributed by atoms with E-state index in [2.05, 4.69) is 21.7 Å². The third kappa shape index (κ3) is 3.88. The first-order valence-corrected chi connectivity index (χ1v) is 9.41. The van der Waals surface area contributed by atoms with E-state index in [0.717, 1.165) is 61.2 Å². The number of piperazine rings is 1. The van der Waals surface area contributed by atoms with Crippen molar-refractivity contribution in [3.05, 3.63) is 38.8 Å². The molecule has 0 amide bonds. The minimum Gasteiger partial charge on any atom is -0.493 e. The molecule has 5 nitrogen and oxygen atoms in total. The molecule has 0 unspecified atom stereocenters. The predicted octanol–water partition coefficient (Wildman–Crippen LogP) is 2.64. The Morgan fingerprint density at radius 2 is 1.83 bits per heavy atom. The lowest BCUT2D eigenvalue weighted by atomic mass is 10.1. The minimum absolute atomic E-state index is 0.00139. The van der Waals surface area contributed by atoms with Crippen LogP contribution in [0.5, 0.6) is 5.75 Å². The molecule has 0 aliphatic carbocycles. The molecule has 0 bridgehead atoms. The maximum atomic E-state index is 12.0. The number of thiazole rings is 1. The summed E-state index contributed by atoms with van der Waals surface area (Å²) in [5.74, 6) is 0.825. The van der Waals surface area contributed by atoms with Crippen molar-refractivity contribution in [1.29, 1.82) is 0 Å². The monoisotopic (exact) mass is 347 g/mol. The number of hydrogen-bond donors (Lipinski definition) is 1. The molecule has 6 heteroatoms. The smallest absolute Gasteiger partial charge is 0.305 e. The zero-order chi connectivity index (χ0) is 16.9. The van der Waals surface area contributed by atoms with E-state index < -0.39 is 0 Å². The molecule has 1 fully saturated rings. The highest BCUT2D eigenvalue weighted by Gasteiger charge is 2.20. The molecule has 1 saturated heterocycles. The van der Waals surface area contributed by atoms with Crippen molar-refractivity contribution in [3.63, 3.8) is 0 Å². The second-order valence-corrected chi connectivity index (χ2v) is 7.02. The van der Waals surface area contributed by atoms with E-state index in [4.69, 9.17) is 4.74 Å². The number of benzene rings is 1. The second kappa shape index (κ2) is 7.96. The fraction of sp³-hybridized carbons (Fsp3) is 0.500. The standard InChI is InChI=1S/C18H25N3O2S/c1-3-20-9-11-21(12-10-20)13-16-17(19-18(22)24-16)14-7-5-6-8-15(14)23-4-2/h5-8H,3-4,9-13H2,1-2H3,(H,19,22). The third-order valence-corrected chi connectivity index (χ3v) is 5.32. The summed E-state index contributed by atoms with van der Waals surface area (Å²) in [4.78, 5) is 21.0. The van der Waals surface area contributed by atoms with Crippen molar-refractivity contribution in [2.24, 2.45) is 0 Å². The molecule has 0 saturated carbocycles. The molecular weight excluding hydrogens is 322 g/mol. The summed E-state index contributed by atoms with van der Waals surface area (Å²) in [5.41, 5.74) is 1.88. The van der Waals surface area contributed by atoms with Gasteiger partial charge in [-0.2, -0.15) is 0 Å². The Morgan fingerprint density at radius 1 is 1.12 bits per heavy atom. The van der Waals surface area contributed by atoms with Crippen molar-refractivity contribution in [2.45, 2.75) is 20.4 Å². The quantitative estimate of drug-likeness (QED) is 0.873. The summed E-state index contributed by atoms with van der Waals surface area (Å²) < 4.78 is 5.74. The minimum atomic E-state index is -0.00139. The van der Waals surface area contributed by atoms with E-state index in [9.17, 15) is 4.79 Å². The number of nitrogens with one attached hydrogen (secondary N) is 1. The molecule has 1 aromatic heterocycles. The van der Waals surface area contributed by atoms with Gasteiger partial charge in [-0.05, 0) is 25.6 Å². The number of ether oxygens (including phenoxy) is 1. The van der Waals surface area contributed by atoms with Gasteiger partial charge in [-0.1, -0.05) is 30.4 Å². The van der Waals surface area contributed by atoms with E-state index in [-0.39, 0.29) is 4.87 Å². The van der Waals surface area contributed by atoms with Gasteiger partial charge >= 0.3 is 4.87 Å². The lowest BCUT2D eigenvalue weighted by molar-refractivity contribution is 0.133. The first-order valence-electron chi connectivity index (χ1n) is 8.60. The Hall–Kier alpha value is -1.63. The van der Waals surface area contributed by atoms with Crippen LogP contribution in [0, 0.1) is 0 Å². The van der Waals surface area contributed by atoms with Crippen LogP contribution in [-0.4, -0.2) is 54.1 Å². The lowest BCUT2D eigenvalue weighted by Crippen LogP contribution is -2.45. The van der Waals surface area contributed by atoms with Gasteiger partial charge in [0.1, 0.15) is 5.75 Å². The fourth-order valence-electron chi connectivity index (χ4n) is 3.11. The van der Waals surface area contributed by atoms with Gasteiger partial charge in [0, 0.05) is 43.2 Å². The van der Waals surface area contributed by atoms with Gasteiger partial charge in [-0.25, -0.2) is 0 Å². The van der Waals surface area contributed by atoms with Gasteiger partial charge in [0.25, 0.3) is 0 Å². The SMILES string of the molecule is CCOc1ccccc1-c1[nH]c(=O)sc1CN1CCN(CC)CC1. The first kappa shape index (κ1) is 17.2. The summed E-state index contributed by atoms with van der Waals surface area (Å²) in [5, 5.41) is 0. The molecule has 0 atom stereocenters. The van der Waals surface area contributed by atoms with E-state index in [1.807, 2.05) is 31.2 Å². The highest BCUT2D eigenvalue weighted by atomic mass is 32.1. The molecule has 24 heavy (non-hydrogen) atoms. The molecule has 1 aliphatic heterocycles. The number of H-pyrrole nitrogens is 1. The molecule has 0 spiro atoms. The van der Waals surface area contributed by atoms with Crippen LogP contribution in [0.15, 0.2) is 29.1 Å². The van der Waals surface area contributed by atoms with E-state index in [0.29, 0.717) is 6.61 Å². The van der Waals surface area contributed by atoms with Gasteiger partial charge < -0.3 is 14.6 Å². The molecule has 130 valence electrons. The number of likely N-dealkylation sites (N-methyl/N-ethyl adjacent to an activating group) is 1. The average Bonchev–Trinajstić information content (AvgIpc) is 2.96. The van der Waals surface area contributed by atoms with Crippen molar-refractivity contribution in [2.75, 3.05) is 39.3 Å². The van der Waals surface area contributed by atoms with Crippen LogP contribution < -0.4 is 9.61 Å². The highest BCUT2D eigenvalue weighted by Crippen LogP contribution is 2.32. The van der Waals surface area contributed by atoms with Crippen LogP contribution in [0.25, 0.3) is 11.3 Å². The second-order valence-electron chi connectivity index (χ2n) is 5.95. The first-order chi connectivity index (χ1) is 11.7. The summed E-state index contributed by atoms with van der Waals surface area (Å²) in [6.45, 7) is 11.0. The van der Waals surface area contributed by atoms with E-state index in [1.54, 1.807) is 0 Å². The molecule has 2 aromatic rings. The molecule has 1 N–H and O–H groups in total. The largest absolute Gasteiger partial charge is 0.493 e. The van der Waals surface area contributed by atoms with Crippen LogP contribution in [0.4, 0.5) is 0 Å². The summed E-state index contributed by atoms with van der Waals surface area (Å²) >= 11 is 1.31. The van der Waals surface area contributed by atoms with Crippen LogP contribution in [0.3, 0.4) is 0 Å². The number of aromatic amines is 1. The average molecular weight is 347 g/mol. The topological polar surface area (TPSA) is 48.6 Å². The molecule has 1 aromatic carbocycles. The Kier molecular flexibility index (Phi) is 5.71. The van der Waals surface area contributed by atoms with Crippen molar-refractivity contribution < 1.29 is 4.74 Å². The third-order valence-electron chi connectivity index (χ3n) is 4.46. The van der Waals surface area contributed by atoms with Gasteiger partial charge in [0.05, 0.1) is 12.3 Å². The molecule has 0 radical (unpaired) electrons. The molecular formula is C18H25N3O2S. The van der Waals surface area contributed by atoms with Gasteiger partial charge in [0.15, 0.2) is 0 Å². The van der Waals surface area contributed by atoms with Crippen molar-refractivity contribution >= 4 is 11.3 Å². The number of para-hydroxylation sites is 1. The molecule has 2 heterocycles. The van der Waals surface area contributed by atoms with Crippen LogP contribution in [-0.2, 0) is 6.54 Å². The Balaban J connectivity index is 1.83. The van der Waals surface area contributed by atoms with Crippen LogP contribution >= 0.6 is 11.3 Å². The normalized spacial score (nSPS) is 16.4. The van der Waals surface area contributed by atoms with Crippen LogP contribution in [0.1, 0.15) is 18.7 Å². The Morgan fingerprint density at radius 3 is 2.54 bits per heavy atom. The van der Waals surface area contributed by atoms with Crippen molar-refractivity contribution in [1.82, 2.24) is 14.8 Å². The maximum absolute atomic E-state index is 12.0. The maximum Gasteiger partial charge on any atom is 0.305 e. The Labute approximate surface area is 146 Å². The van der Waals surface area contributed by atoms with Crippen LogP contribution in [0.2, 0.25) is 0 Å². The summed E-state index contributed by atoms with van der Waals surface area (Å²) in [6.07, 6.45) is 0. The predicted molar refractivity (Wildman–Crippen MR) is 98.9 cm³/mol. The molecule has 1 aliphatic rings. The fourth-order valence-corrected chi connectivity index (χ4v) is 4.00. The number of hydrogen-bond acceptors (Lipinski definition) is 5. The number of rotatable bonds is 6. The summed E-state index contributed by atoms with van der Waals surface area (Å²) in [6, 6.07) is 7.92. The Bertz CT molecular complexity index is 717. The van der Waals surface area contributed by atoms with Gasteiger partial charge in [-0.15, -0.1) is 0 Å².